The molecule has 38 heavy (non-hydrogen) atoms. The van der Waals surface area contributed by atoms with Crippen LogP contribution in [0.5, 0.6) is 11.5 Å². The Bertz CT molecular complexity index is 1470. The Hall–Kier alpha value is -3.99. The van der Waals surface area contributed by atoms with Crippen molar-refractivity contribution in [2.24, 2.45) is 0 Å². The molecular formula is C28H29NO9. The van der Waals surface area contributed by atoms with Gasteiger partial charge in [0.2, 0.25) is 6.29 Å². The molecule has 10 heteroatoms. The number of ether oxygens (including phenoxy) is 3. The lowest BCUT2D eigenvalue weighted by molar-refractivity contribution is -0.131. The van der Waals surface area contributed by atoms with Crippen molar-refractivity contribution >= 4 is 28.5 Å². The molecule has 10 nitrogen and oxygen atoms in total. The summed E-state index contributed by atoms with van der Waals surface area (Å²) in [5.41, 5.74) is 1.90. The molecule has 0 spiro atoms. The quantitative estimate of drug-likeness (QED) is 0.184. The summed E-state index contributed by atoms with van der Waals surface area (Å²) < 4.78 is 21.7. The van der Waals surface area contributed by atoms with E-state index in [9.17, 15) is 24.6 Å². The number of hydrogen-bond donors (Lipinski definition) is 3. The van der Waals surface area contributed by atoms with Gasteiger partial charge in [-0.2, -0.15) is 0 Å². The zero-order valence-corrected chi connectivity index (χ0v) is 21.4. The molecule has 0 bridgehead atoms. The molecule has 3 aromatic rings. The van der Waals surface area contributed by atoms with Crippen LogP contribution >= 0.6 is 0 Å². The first-order valence-corrected chi connectivity index (χ1v) is 12.0. The highest BCUT2D eigenvalue weighted by Gasteiger charge is 2.36. The fraction of sp³-hybridized carbons (Fsp3) is 0.321. The number of carbonyl (C=O) groups excluding carboxylic acids is 2. The molecule has 1 fully saturated rings. The number of aliphatic hydroxyl groups is 2. The summed E-state index contributed by atoms with van der Waals surface area (Å²) in [5, 5.41) is 22.7. The Morgan fingerprint density at radius 3 is 2.50 bits per heavy atom. The van der Waals surface area contributed by atoms with Crippen LogP contribution in [0.3, 0.4) is 0 Å². The topological polar surface area (TPSA) is 145 Å². The van der Waals surface area contributed by atoms with Gasteiger partial charge in [0.25, 0.3) is 5.91 Å². The van der Waals surface area contributed by atoms with E-state index in [1.807, 2.05) is 19.9 Å². The number of anilines is 1. The highest BCUT2D eigenvalue weighted by molar-refractivity contribution is 6.05. The molecule has 2 heterocycles. The van der Waals surface area contributed by atoms with E-state index >= 15 is 0 Å². The molecule has 0 unspecified atom stereocenters. The second-order valence-corrected chi connectivity index (χ2v) is 9.29. The summed E-state index contributed by atoms with van der Waals surface area (Å²) in [6, 6.07) is 9.42. The third-order valence-corrected chi connectivity index (χ3v) is 6.00. The number of aryl methyl sites for hydroxylation is 1. The Morgan fingerprint density at radius 1 is 1.11 bits per heavy atom. The average molecular weight is 524 g/mol. The van der Waals surface area contributed by atoms with E-state index in [0.717, 1.165) is 5.57 Å². The Morgan fingerprint density at radius 2 is 1.84 bits per heavy atom. The lowest BCUT2D eigenvalue weighted by Gasteiger charge is -2.18. The molecular weight excluding hydrogens is 494 g/mol. The number of hydrogen-bond acceptors (Lipinski definition) is 9. The maximum atomic E-state index is 13.0. The Balaban J connectivity index is 1.58. The third-order valence-electron chi connectivity index (χ3n) is 6.00. The number of rotatable bonds is 7. The van der Waals surface area contributed by atoms with E-state index in [4.69, 9.17) is 18.6 Å². The second-order valence-electron chi connectivity index (χ2n) is 9.29. The molecule has 0 saturated carbocycles. The van der Waals surface area contributed by atoms with Crippen LogP contribution in [-0.2, 0) is 16.0 Å². The van der Waals surface area contributed by atoms with Crippen molar-refractivity contribution in [3.63, 3.8) is 0 Å². The molecule has 1 aliphatic heterocycles. The van der Waals surface area contributed by atoms with Crippen molar-refractivity contribution in [1.82, 2.24) is 0 Å². The van der Waals surface area contributed by atoms with E-state index in [1.54, 1.807) is 31.2 Å². The Kier molecular flexibility index (Phi) is 7.96. The maximum absolute atomic E-state index is 13.0. The highest BCUT2D eigenvalue weighted by Crippen LogP contribution is 2.30. The number of benzene rings is 2. The van der Waals surface area contributed by atoms with Crippen molar-refractivity contribution in [1.29, 1.82) is 0 Å². The third kappa shape index (κ3) is 5.94. The minimum atomic E-state index is -1.21. The van der Waals surface area contributed by atoms with Crippen molar-refractivity contribution in [2.45, 2.75) is 52.6 Å². The van der Waals surface area contributed by atoms with Gasteiger partial charge in [0.15, 0.2) is 0 Å². The van der Waals surface area contributed by atoms with Gasteiger partial charge in [-0.1, -0.05) is 11.6 Å². The monoisotopic (exact) mass is 523 g/mol. The number of carbonyl (C=O) groups is 2. The van der Waals surface area contributed by atoms with Crippen LogP contribution in [0.4, 0.5) is 5.69 Å². The minimum Gasteiger partial charge on any atom is -0.462 e. The van der Waals surface area contributed by atoms with Crippen molar-refractivity contribution < 1.29 is 38.4 Å². The van der Waals surface area contributed by atoms with Gasteiger partial charge in [-0.25, -0.2) is 4.79 Å². The number of fused-ring (bicyclic) bond motifs is 1. The van der Waals surface area contributed by atoms with Crippen molar-refractivity contribution in [3.05, 3.63) is 75.2 Å². The number of aliphatic hydroxyl groups excluding tert-OH is 2. The zero-order valence-electron chi connectivity index (χ0n) is 21.4. The van der Waals surface area contributed by atoms with Crippen LogP contribution < -0.4 is 20.4 Å². The normalized spacial score (nSPS) is 18.7. The summed E-state index contributed by atoms with van der Waals surface area (Å²) in [7, 11) is 0. The number of esters is 1. The first-order chi connectivity index (χ1) is 18.0. The number of allylic oxidation sites excluding steroid dienone is 2. The summed E-state index contributed by atoms with van der Waals surface area (Å²) >= 11 is 0. The van der Waals surface area contributed by atoms with Gasteiger partial charge in [0.05, 0.1) is 6.61 Å². The summed E-state index contributed by atoms with van der Waals surface area (Å²) in [6.07, 6.45) is -0.911. The minimum absolute atomic E-state index is 0.0526. The molecule has 2 aromatic carbocycles. The van der Waals surface area contributed by atoms with Crippen LogP contribution in [0.1, 0.15) is 42.3 Å². The van der Waals surface area contributed by atoms with E-state index in [-0.39, 0.29) is 23.4 Å². The SMILES string of the molecule is CC(=O)Oc1ccc(C(=O)Nc2cc3ccc(O[C@@H]4OC[C@H](O)[C@@H]4O)c(C)c3oc2=O)cc1CC=C(C)C. The van der Waals surface area contributed by atoms with Gasteiger partial charge in [-0.15, -0.1) is 0 Å². The van der Waals surface area contributed by atoms with Crippen LogP contribution in [0.2, 0.25) is 0 Å². The molecule has 4 rings (SSSR count). The van der Waals surface area contributed by atoms with Gasteiger partial charge in [-0.05, 0) is 69.2 Å². The maximum Gasteiger partial charge on any atom is 0.360 e. The van der Waals surface area contributed by atoms with E-state index in [2.05, 4.69) is 5.32 Å². The molecule has 3 atom stereocenters. The lowest BCUT2D eigenvalue weighted by Crippen LogP contribution is -2.33. The predicted octanol–water partition coefficient (Wildman–Crippen LogP) is 3.24. The van der Waals surface area contributed by atoms with Gasteiger partial charge >= 0.3 is 11.6 Å². The molecule has 1 amide bonds. The second kappa shape index (κ2) is 11.2. The molecule has 0 radical (unpaired) electrons. The van der Waals surface area contributed by atoms with Crippen LogP contribution in [-0.4, -0.2) is 47.2 Å². The van der Waals surface area contributed by atoms with Gasteiger partial charge < -0.3 is 34.2 Å². The first-order valence-electron chi connectivity index (χ1n) is 12.0. The van der Waals surface area contributed by atoms with E-state index < -0.39 is 36.0 Å². The van der Waals surface area contributed by atoms with E-state index in [0.29, 0.717) is 34.4 Å². The lowest BCUT2D eigenvalue weighted by atomic mass is 10.0. The average Bonchev–Trinajstić information content (AvgIpc) is 3.17. The molecule has 1 saturated heterocycles. The Labute approximate surface area is 218 Å². The van der Waals surface area contributed by atoms with Gasteiger partial charge in [0.1, 0.15) is 35.0 Å². The molecule has 0 aliphatic carbocycles. The predicted molar refractivity (Wildman–Crippen MR) is 138 cm³/mol. The van der Waals surface area contributed by atoms with Gasteiger partial charge in [0, 0.05) is 23.4 Å². The fourth-order valence-corrected chi connectivity index (χ4v) is 3.96. The summed E-state index contributed by atoms with van der Waals surface area (Å²) in [5.74, 6) is -0.336. The van der Waals surface area contributed by atoms with Crippen molar-refractivity contribution in [2.75, 3.05) is 11.9 Å². The first kappa shape index (κ1) is 27.1. The van der Waals surface area contributed by atoms with E-state index in [1.165, 1.54) is 19.1 Å². The van der Waals surface area contributed by atoms with Crippen LogP contribution in [0.25, 0.3) is 11.0 Å². The zero-order chi connectivity index (χ0) is 27.6. The summed E-state index contributed by atoms with van der Waals surface area (Å²) in [4.78, 5) is 37.2. The number of amides is 1. The highest BCUT2D eigenvalue weighted by atomic mass is 16.7. The summed E-state index contributed by atoms with van der Waals surface area (Å²) in [6.45, 7) is 6.80. The van der Waals surface area contributed by atoms with Crippen LogP contribution in [0.15, 0.2) is 57.3 Å². The molecule has 3 N–H and O–H groups in total. The fourth-order valence-electron chi connectivity index (χ4n) is 3.96. The number of nitrogens with one attached hydrogen (secondary N) is 1. The molecule has 200 valence electrons. The standard InChI is InChI=1S/C28H29NO9/c1-14(2)5-6-17-11-19(8-10-23(17)36-16(4)30)26(33)29-20-12-18-7-9-22(15(3)25(18)38-27(20)34)37-28-24(32)21(31)13-35-28/h5,7-12,21,24,28,31-32H,6,13H2,1-4H3,(H,29,33)/t21-,24-,28-/m0/s1. The van der Waals surface area contributed by atoms with Crippen LogP contribution in [0, 0.1) is 6.92 Å². The molecule has 1 aliphatic rings. The smallest absolute Gasteiger partial charge is 0.360 e. The largest absolute Gasteiger partial charge is 0.462 e. The molecule has 1 aromatic heterocycles. The van der Waals surface area contributed by atoms with Gasteiger partial charge in [-0.3, -0.25) is 9.59 Å². The van der Waals surface area contributed by atoms with Crippen molar-refractivity contribution in [3.8, 4) is 11.5 Å².